The fourth-order valence-corrected chi connectivity index (χ4v) is 5.55. The molecule has 5 nitrogen and oxygen atoms in total. The van der Waals surface area contributed by atoms with Crippen molar-refractivity contribution in [2.45, 2.75) is 104 Å². The number of hydrogen-bond donors (Lipinski definition) is 2. The molecule has 2 rings (SSSR count). The van der Waals surface area contributed by atoms with Crippen LogP contribution in [0.1, 0.15) is 80.4 Å². The van der Waals surface area contributed by atoms with Gasteiger partial charge >= 0.3 is 0 Å². The van der Waals surface area contributed by atoms with Gasteiger partial charge in [-0.15, -0.1) is 0 Å². The van der Waals surface area contributed by atoms with Crippen molar-refractivity contribution in [1.82, 2.24) is 20.4 Å². The van der Waals surface area contributed by atoms with E-state index in [1.165, 1.54) is 11.1 Å². The topological polar surface area (TPSA) is 39.8 Å². The normalized spacial score (nSPS) is 18.5. The molecule has 1 heterocycles. The van der Waals surface area contributed by atoms with Crippen LogP contribution in [0.5, 0.6) is 0 Å². The highest BCUT2D eigenvalue weighted by Crippen LogP contribution is 2.42. The average molecular weight is 461 g/mol. The molecule has 0 saturated carbocycles. The van der Waals surface area contributed by atoms with Crippen molar-refractivity contribution >= 4 is 0 Å². The lowest BCUT2D eigenvalue weighted by atomic mass is 9.65. The highest BCUT2D eigenvalue weighted by molar-refractivity contribution is 5.24. The number of nitrogens with zero attached hydrogens (tertiary/aromatic N) is 2. The van der Waals surface area contributed by atoms with E-state index in [1.54, 1.807) is 0 Å². The van der Waals surface area contributed by atoms with Crippen LogP contribution < -0.4 is 10.6 Å². The van der Waals surface area contributed by atoms with Crippen LogP contribution in [0.15, 0.2) is 24.3 Å². The summed E-state index contributed by atoms with van der Waals surface area (Å²) in [5, 5.41) is 7.60. The van der Waals surface area contributed by atoms with Gasteiger partial charge in [-0.05, 0) is 79.6 Å². The number of rotatable bonds is 11. The fraction of sp³-hybridized carbons (Fsp3) is 0.786. The molecule has 0 amide bonds. The Morgan fingerprint density at radius 1 is 0.848 bits per heavy atom. The van der Waals surface area contributed by atoms with Gasteiger partial charge in [-0.25, -0.2) is 0 Å². The summed E-state index contributed by atoms with van der Waals surface area (Å²) in [5.41, 5.74) is 2.54. The summed E-state index contributed by atoms with van der Waals surface area (Å²) in [6, 6.07) is 8.98. The summed E-state index contributed by atoms with van der Waals surface area (Å²) in [7, 11) is 0. The minimum atomic E-state index is -0.125. The van der Waals surface area contributed by atoms with Gasteiger partial charge in [0.05, 0.1) is 18.8 Å². The van der Waals surface area contributed by atoms with Crippen LogP contribution in [-0.2, 0) is 17.8 Å². The summed E-state index contributed by atoms with van der Waals surface area (Å²) >= 11 is 0. The highest BCUT2D eigenvalue weighted by atomic mass is 16.5. The third-order valence-electron chi connectivity index (χ3n) is 8.15. The summed E-state index contributed by atoms with van der Waals surface area (Å²) in [4.78, 5) is 5.29. The van der Waals surface area contributed by atoms with Crippen molar-refractivity contribution < 1.29 is 4.74 Å². The fourth-order valence-electron chi connectivity index (χ4n) is 5.55. The molecule has 1 aliphatic rings. The molecule has 0 radical (unpaired) electrons. The maximum atomic E-state index is 5.69. The molecule has 1 aromatic carbocycles. The van der Waals surface area contributed by atoms with Crippen molar-refractivity contribution in [3.63, 3.8) is 0 Å². The third-order valence-corrected chi connectivity index (χ3v) is 8.15. The monoisotopic (exact) mass is 460 g/mol. The number of likely N-dealkylation sites (N-methyl/N-ethyl adjacent to an activating group) is 1. The molecule has 1 atom stereocenters. The van der Waals surface area contributed by atoms with Crippen LogP contribution in [0.2, 0.25) is 0 Å². The van der Waals surface area contributed by atoms with Gasteiger partial charge in [0.1, 0.15) is 0 Å². The predicted molar refractivity (Wildman–Crippen MR) is 142 cm³/mol. The second kappa shape index (κ2) is 11.2. The van der Waals surface area contributed by atoms with E-state index in [1.807, 2.05) is 0 Å². The van der Waals surface area contributed by atoms with E-state index in [4.69, 9.17) is 4.74 Å². The van der Waals surface area contributed by atoms with Crippen LogP contribution in [0.3, 0.4) is 0 Å². The molecule has 190 valence electrons. The number of nitrogens with one attached hydrogen (secondary N) is 2. The van der Waals surface area contributed by atoms with Gasteiger partial charge in [-0.2, -0.15) is 0 Å². The van der Waals surface area contributed by atoms with Gasteiger partial charge in [-0.3, -0.25) is 9.80 Å². The Kier molecular flexibility index (Phi) is 9.57. The number of ether oxygens (including phenoxy) is 1. The van der Waals surface area contributed by atoms with Gasteiger partial charge in [-0.1, -0.05) is 38.1 Å². The van der Waals surface area contributed by atoms with Crippen molar-refractivity contribution in [3.8, 4) is 0 Å². The lowest BCUT2D eigenvalue weighted by molar-refractivity contribution is -0.114. The first-order valence-electron chi connectivity index (χ1n) is 12.9. The molecular weight excluding hydrogens is 408 g/mol. The van der Waals surface area contributed by atoms with Gasteiger partial charge in [0.15, 0.2) is 0 Å². The molecule has 33 heavy (non-hydrogen) atoms. The maximum absolute atomic E-state index is 5.69. The Morgan fingerprint density at radius 2 is 1.36 bits per heavy atom. The third kappa shape index (κ3) is 6.58. The lowest BCUT2D eigenvalue weighted by Crippen LogP contribution is -2.78. The van der Waals surface area contributed by atoms with E-state index in [0.29, 0.717) is 0 Å². The summed E-state index contributed by atoms with van der Waals surface area (Å²) in [5.74, 6) is 0. The number of benzene rings is 1. The Bertz CT molecular complexity index is 730. The zero-order chi connectivity index (χ0) is 24.9. The predicted octanol–water partition coefficient (Wildman–Crippen LogP) is 4.65. The van der Waals surface area contributed by atoms with E-state index in [-0.39, 0.29) is 22.2 Å². The molecule has 1 aromatic rings. The Balaban J connectivity index is 2.27. The standard InChI is InChI=1S/C28H52N4O/c1-11-31(12-2)28(10,27(8,9)32-16-18-33-19-17-32)26(6,7)30-22-24-15-13-14-23(20-24)21-29-25(3,4)5/h13-15,20,29-30H,11-12,16-19,21-22H2,1-10H3. The van der Waals surface area contributed by atoms with Gasteiger partial charge in [0, 0.05) is 42.8 Å². The van der Waals surface area contributed by atoms with Crippen molar-refractivity contribution in [2.24, 2.45) is 0 Å². The molecular formula is C28H52N4O. The van der Waals surface area contributed by atoms with E-state index in [2.05, 4.69) is 114 Å². The lowest BCUT2D eigenvalue weighted by Gasteiger charge is -2.63. The number of morpholine rings is 1. The largest absolute Gasteiger partial charge is 0.379 e. The van der Waals surface area contributed by atoms with Crippen LogP contribution in [-0.4, -0.2) is 71.3 Å². The summed E-state index contributed by atoms with van der Waals surface area (Å²) in [6.07, 6.45) is 0. The zero-order valence-electron chi connectivity index (χ0n) is 23.3. The maximum Gasteiger partial charge on any atom is 0.0594 e. The van der Waals surface area contributed by atoms with E-state index < -0.39 is 0 Å². The molecule has 1 aliphatic heterocycles. The quantitative estimate of drug-likeness (QED) is 0.503. The molecule has 1 fully saturated rings. The van der Waals surface area contributed by atoms with Crippen LogP contribution in [0.4, 0.5) is 0 Å². The van der Waals surface area contributed by atoms with Crippen molar-refractivity contribution in [1.29, 1.82) is 0 Å². The molecule has 0 spiro atoms. The first-order valence-corrected chi connectivity index (χ1v) is 12.9. The first kappa shape index (κ1) is 28.3. The smallest absolute Gasteiger partial charge is 0.0594 e. The second-order valence-corrected chi connectivity index (χ2v) is 11.8. The van der Waals surface area contributed by atoms with Crippen molar-refractivity contribution in [2.75, 3.05) is 39.4 Å². The highest BCUT2D eigenvalue weighted by Gasteiger charge is 2.56. The molecule has 1 saturated heterocycles. The molecule has 1 unspecified atom stereocenters. The van der Waals surface area contributed by atoms with Gasteiger partial charge < -0.3 is 15.4 Å². The van der Waals surface area contributed by atoms with Crippen molar-refractivity contribution in [3.05, 3.63) is 35.4 Å². The summed E-state index contributed by atoms with van der Waals surface area (Å²) < 4.78 is 5.69. The van der Waals surface area contributed by atoms with Gasteiger partial charge in [0.2, 0.25) is 0 Å². The molecule has 0 bridgehead atoms. The molecule has 0 aromatic heterocycles. The molecule has 0 aliphatic carbocycles. The van der Waals surface area contributed by atoms with E-state index in [9.17, 15) is 0 Å². The Morgan fingerprint density at radius 3 is 1.85 bits per heavy atom. The molecule has 2 N–H and O–H groups in total. The van der Waals surface area contributed by atoms with Gasteiger partial charge in [0.25, 0.3) is 0 Å². The van der Waals surface area contributed by atoms with E-state index >= 15 is 0 Å². The van der Waals surface area contributed by atoms with Crippen LogP contribution >= 0.6 is 0 Å². The number of hydrogen-bond acceptors (Lipinski definition) is 5. The second-order valence-electron chi connectivity index (χ2n) is 11.8. The minimum Gasteiger partial charge on any atom is -0.379 e. The first-order chi connectivity index (χ1) is 15.3. The minimum absolute atomic E-state index is 0.0300. The molecule has 5 heteroatoms. The van der Waals surface area contributed by atoms with Crippen LogP contribution in [0, 0.1) is 0 Å². The average Bonchev–Trinajstić information content (AvgIpc) is 2.77. The summed E-state index contributed by atoms with van der Waals surface area (Å²) in [6.45, 7) is 30.7. The van der Waals surface area contributed by atoms with E-state index in [0.717, 1.165) is 52.5 Å². The van der Waals surface area contributed by atoms with Crippen LogP contribution in [0.25, 0.3) is 0 Å². The Labute approximate surface area is 204 Å². The zero-order valence-corrected chi connectivity index (χ0v) is 23.3. The SMILES string of the molecule is CCN(CC)C(C)(C(C)(C)NCc1cccc(CNC(C)(C)C)c1)C(C)(C)N1CCOCC1. The Hall–Kier alpha value is -0.980.